The zero-order chi connectivity index (χ0) is 8.91. The molecule has 0 aliphatic carbocycles. The highest BCUT2D eigenvalue weighted by molar-refractivity contribution is 7.85. The average Bonchev–Trinajstić information content (AvgIpc) is 1.88. The summed E-state index contributed by atoms with van der Waals surface area (Å²) in [5, 5.41) is 0. The Bertz CT molecular complexity index is 214. The van der Waals surface area contributed by atoms with E-state index in [-0.39, 0.29) is 6.61 Å². The molecule has 0 radical (unpaired) electrons. The Morgan fingerprint density at radius 3 is 2.90 bits per heavy atom. The van der Waals surface area contributed by atoms with Gasteiger partial charge in [0.25, 0.3) is 10.1 Å². The van der Waals surface area contributed by atoms with Crippen molar-refractivity contribution in [2.45, 2.75) is 6.04 Å². The molecule has 1 unspecified atom stereocenters. The summed E-state index contributed by atoms with van der Waals surface area (Å²) in [6.45, 7) is 3.28. The molecule has 0 aromatic carbocycles. The molecular formula is C5H11NO3S. The van der Waals surface area contributed by atoms with Gasteiger partial charge in [-0.25, -0.2) is 0 Å². The molecule has 0 rings (SSSR count). The minimum absolute atomic E-state index is 0.0914. The van der Waals surface area contributed by atoms with E-state index in [0.717, 1.165) is 6.26 Å². The normalized spacial score (nSPS) is 15.9. The second-order valence-electron chi connectivity index (χ2n) is 1.83. The lowest BCUT2D eigenvalue weighted by atomic mass is 10.3. The van der Waals surface area contributed by atoms with E-state index in [1.54, 1.807) is 0 Å². The van der Waals surface area contributed by atoms with Crippen LogP contribution in [0.5, 0.6) is 0 Å². The van der Waals surface area contributed by atoms with Crippen molar-refractivity contribution in [3.63, 3.8) is 0 Å². The minimum atomic E-state index is -3.41. The highest BCUT2D eigenvalue weighted by atomic mass is 32.2. The van der Waals surface area contributed by atoms with Crippen LogP contribution in [-0.2, 0) is 14.3 Å². The summed E-state index contributed by atoms with van der Waals surface area (Å²) >= 11 is 0. The second-order valence-corrected chi connectivity index (χ2v) is 3.47. The SMILES string of the molecule is [3H]NC(C=C)COS(C)(=O)=O. The highest BCUT2D eigenvalue weighted by Gasteiger charge is 2.03. The van der Waals surface area contributed by atoms with Gasteiger partial charge in [-0.15, -0.1) is 6.58 Å². The first-order valence-corrected chi connectivity index (χ1v) is 4.45. The topological polar surface area (TPSA) is 69.4 Å². The number of hydrogen-bond acceptors (Lipinski definition) is 4. The maximum Gasteiger partial charge on any atom is 0.264 e. The molecule has 0 heterocycles. The molecule has 0 saturated heterocycles. The first kappa shape index (κ1) is 7.71. The molecule has 60 valence electrons. The summed E-state index contributed by atoms with van der Waals surface area (Å²) in [5.41, 5.74) is 2.07. The largest absolute Gasteiger partial charge is 0.323 e. The number of hydrogen-bond donors (Lipinski definition) is 1. The van der Waals surface area contributed by atoms with Gasteiger partial charge in [0.1, 0.15) is 1.41 Å². The van der Waals surface area contributed by atoms with Crippen LogP contribution in [0.2, 0.25) is 1.41 Å². The van der Waals surface area contributed by atoms with E-state index in [1.807, 2.05) is 0 Å². The molecule has 4 nitrogen and oxygen atoms in total. The van der Waals surface area contributed by atoms with Gasteiger partial charge in [0.15, 0.2) is 0 Å². The molecule has 5 heteroatoms. The first-order chi connectivity index (χ1) is 4.99. The van der Waals surface area contributed by atoms with Crippen molar-refractivity contribution in [3.05, 3.63) is 12.7 Å². The lowest BCUT2D eigenvalue weighted by Gasteiger charge is -2.03. The van der Waals surface area contributed by atoms with Crippen LogP contribution in [0.4, 0.5) is 0 Å². The van der Waals surface area contributed by atoms with Gasteiger partial charge >= 0.3 is 0 Å². The van der Waals surface area contributed by atoms with E-state index in [9.17, 15) is 8.42 Å². The van der Waals surface area contributed by atoms with Crippen LogP contribution < -0.4 is 5.73 Å². The van der Waals surface area contributed by atoms with E-state index in [4.69, 9.17) is 1.41 Å². The third-order valence-electron chi connectivity index (χ3n) is 0.746. The fourth-order valence-electron chi connectivity index (χ4n) is 0.265. The molecule has 1 atom stereocenters. The lowest BCUT2D eigenvalue weighted by Crippen LogP contribution is -2.24. The van der Waals surface area contributed by atoms with Gasteiger partial charge in [0, 0.05) is 6.04 Å². The van der Waals surface area contributed by atoms with Crippen molar-refractivity contribution in [2.24, 2.45) is 5.73 Å². The van der Waals surface area contributed by atoms with Crippen LogP contribution in [0.25, 0.3) is 0 Å². The molecule has 0 aliphatic heterocycles. The smallest absolute Gasteiger partial charge is 0.264 e. The molecule has 0 saturated carbocycles. The van der Waals surface area contributed by atoms with E-state index in [2.05, 4.69) is 16.5 Å². The summed E-state index contributed by atoms with van der Waals surface area (Å²) in [6.07, 6.45) is 2.36. The van der Waals surface area contributed by atoms with Crippen LogP contribution in [0, 0.1) is 0 Å². The molecule has 0 fully saturated rings. The molecule has 0 bridgehead atoms. The van der Waals surface area contributed by atoms with Gasteiger partial charge in [0.2, 0.25) is 0 Å². The molecule has 2 N–H and O–H groups in total. The average molecular weight is 167 g/mol. The predicted molar refractivity (Wildman–Crippen MR) is 39.0 cm³/mol. The Labute approximate surface area is 62.3 Å². The van der Waals surface area contributed by atoms with E-state index >= 15 is 0 Å². The third-order valence-corrected chi connectivity index (χ3v) is 1.31. The Hall–Kier alpha value is -0.390. The second kappa shape index (κ2) is 3.70. The van der Waals surface area contributed by atoms with Crippen LogP contribution >= 0.6 is 0 Å². The van der Waals surface area contributed by atoms with Crippen LogP contribution in [0.3, 0.4) is 0 Å². The van der Waals surface area contributed by atoms with Crippen LogP contribution in [-0.4, -0.2) is 27.3 Å². The van der Waals surface area contributed by atoms with Gasteiger partial charge in [0.05, 0.1) is 12.9 Å². The van der Waals surface area contributed by atoms with Crippen LogP contribution in [0.1, 0.15) is 0 Å². The molecular weight excluding hydrogens is 154 g/mol. The summed E-state index contributed by atoms with van der Waals surface area (Å²) < 4.78 is 31.9. The van der Waals surface area contributed by atoms with Gasteiger partial charge in [-0.2, -0.15) is 8.42 Å². The van der Waals surface area contributed by atoms with Gasteiger partial charge in [-0.3, -0.25) is 4.18 Å². The molecule has 0 aromatic heterocycles. The fraction of sp³-hybridized carbons (Fsp3) is 0.600. The first-order valence-electron chi connectivity index (χ1n) is 3.14. The Kier molecular flexibility index (Phi) is 2.85. The third kappa shape index (κ3) is 5.74. The standard InChI is InChI=1S/C5H11NO3S/c1-3-5(6)4-9-10(2,7)8/h3,5H,1,4,6H2,2H3/i/hT. The fourth-order valence-corrected chi connectivity index (χ4v) is 0.659. The summed E-state index contributed by atoms with van der Waals surface area (Å²) in [6, 6.07) is -0.454. The molecule has 0 spiro atoms. The van der Waals surface area contributed by atoms with Crippen molar-refractivity contribution in [1.29, 1.82) is 0 Å². The molecule has 10 heavy (non-hydrogen) atoms. The lowest BCUT2D eigenvalue weighted by molar-refractivity contribution is 0.311. The van der Waals surface area contributed by atoms with E-state index in [1.165, 1.54) is 6.08 Å². The van der Waals surface area contributed by atoms with E-state index < -0.39 is 16.2 Å². The predicted octanol–water partition coefficient (Wildman–Crippen LogP) is -0.524. The van der Waals surface area contributed by atoms with Crippen molar-refractivity contribution in [3.8, 4) is 0 Å². The Balaban J connectivity index is 3.78. The quantitative estimate of drug-likeness (QED) is 0.441. The van der Waals surface area contributed by atoms with Gasteiger partial charge in [-0.05, 0) is 0 Å². The zero-order valence-electron chi connectivity index (χ0n) is 6.70. The van der Waals surface area contributed by atoms with Crippen molar-refractivity contribution < 1.29 is 14.0 Å². The summed E-state index contributed by atoms with van der Waals surface area (Å²) in [4.78, 5) is 0. The van der Waals surface area contributed by atoms with Crippen LogP contribution in [0.15, 0.2) is 12.7 Å². The highest BCUT2D eigenvalue weighted by Crippen LogP contribution is 1.88. The summed E-state index contributed by atoms with van der Waals surface area (Å²) in [5.74, 6) is 0. The Morgan fingerprint density at radius 1 is 2.00 bits per heavy atom. The molecule has 0 aromatic rings. The Morgan fingerprint density at radius 2 is 2.60 bits per heavy atom. The van der Waals surface area contributed by atoms with Crippen molar-refractivity contribution in [1.82, 2.24) is 0 Å². The molecule has 0 aliphatic rings. The van der Waals surface area contributed by atoms with Gasteiger partial charge < -0.3 is 5.73 Å². The van der Waals surface area contributed by atoms with Crippen molar-refractivity contribution in [2.75, 3.05) is 12.9 Å². The van der Waals surface area contributed by atoms with Gasteiger partial charge in [-0.1, -0.05) is 6.08 Å². The number of nitrogens with two attached hydrogens (primary N) is 1. The number of rotatable bonds is 5. The van der Waals surface area contributed by atoms with Crippen molar-refractivity contribution >= 4 is 10.1 Å². The zero-order valence-corrected chi connectivity index (χ0v) is 6.52. The maximum atomic E-state index is 10.4. The monoisotopic (exact) mass is 167 g/mol. The minimum Gasteiger partial charge on any atom is -0.323 e. The van der Waals surface area contributed by atoms with E-state index in [0.29, 0.717) is 0 Å². The summed E-state index contributed by atoms with van der Waals surface area (Å²) in [7, 11) is -3.41. The molecule has 0 amide bonds. The maximum absolute atomic E-state index is 10.4.